The van der Waals surface area contributed by atoms with Crippen LogP contribution in [0.1, 0.15) is 26.3 Å². The molecule has 164 valence electrons. The summed E-state index contributed by atoms with van der Waals surface area (Å²) in [5, 5.41) is 2.77. The molecule has 0 spiro atoms. The van der Waals surface area contributed by atoms with Gasteiger partial charge in [0.1, 0.15) is 18.2 Å². The van der Waals surface area contributed by atoms with Crippen molar-refractivity contribution in [3.05, 3.63) is 114 Å². The number of halogens is 1. The van der Waals surface area contributed by atoms with Crippen molar-refractivity contribution in [3.63, 3.8) is 0 Å². The highest BCUT2D eigenvalue weighted by Crippen LogP contribution is 2.24. The zero-order chi connectivity index (χ0) is 23.2. The van der Waals surface area contributed by atoms with Crippen LogP contribution in [0, 0.1) is 5.82 Å². The fourth-order valence-corrected chi connectivity index (χ4v) is 3.25. The molecule has 4 aromatic rings. The van der Waals surface area contributed by atoms with Crippen molar-refractivity contribution in [3.8, 4) is 16.9 Å². The van der Waals surface area contributed by atoms with Crippen molar-refractivity contribution >= 4 is 17.5 Å². The minimum absolute atomic E-state index is 0.188. The largest absolute Gasteiger partial charge is 0.487 e. The van der Waals surface area contributed by atoms with Gasteiger partial charge in [0.05, 0.1) is 11.8 Å². The molecule has 3 aromatic carbocycles. The van der Waals surface area contributed by atoms with Crippen LogP contribution in [0.5, 0.6) is 5.75 Å². The monoisotopic (exact) mass is 441 g/mol. The molecule has 0 fully saturated rings. The van der Waals surface area contributed by atoms with E-state index in [9.17, 15) is 14.0 Å². The van der Waals surface area contributed by atoms with Gasteiger partial charge in [-0.3, -0.25) is 14.6 Å². The van der Waals surface area contributed by atoms with Crippen molar-refractivity contribution in [1.82, 2.24) is 4.98 Å². The highest BCUT2D eigenvalue weighted by atomic mass is 19.1. The number of carbonyl (C=O) groups excluding carboxylic acids is 2. The Hall–Kier alpha value is -4.52. The van der Waals surface area contributed by atoms with Crippen LogP contribution in [-0.2, 0) is 6.61 Å². The normalized spacial score (nSPS) is 10.5. The summed E-state index contributed by atoms with van der Waals surface area (Å²) in [7, 11) is 0. The molecule has 4 rings (SSSR count). The molecule has 7 heteroatoms. The first kappa shape index (κ1) is 21.7. The summed E-state index contributed by atoms with van der Waals surface area (Å²) in [4.78, 5) is 27.8. The number of ether oxygens (including phenoxy) is 1. The first-order valence-corrected chi connectivity index (χ1v) is 10.1. The number of hydrogen-bond acceptors (Lipinski definition) is 4. The summed E-state index contributed by atoms with van der Waals surface area (Å²) in [5.74, 6) is -1.09. The Bertz CT molecular complexity index is 1310. The molecule has 0 atom stereocenters. The summed E-state index contributed by atoms with van der Waals surface area (Å²) in [6, 6.07) is 22.1. The fraction of sp³-hybridized carbons (Fsp3) is 0.0385. The summed E-state index contributed by atoms with van der Waals surface area (Å²) in [6.07, 6.45) is 2.84. The second-order valence-electron chi connectivity index (χ2n) is 7.28. The van der Waals surface area contributed by atoms with E-state index in [-0.39, 0.29) is 17.7 Å². The van der Waals surface area contributed by atoms with Gasteiger partial charge in [0.2, 0.25) is 5.91 Å². The number of pyridine rings is 1. The topological polar surface area (TPSA) is 94.3 Å². The van der Waals surface area contributed by atoms with E-state index >= 15 is 0 Å². The molecule has 1 aromatic heterocycles. The lowest BCUT2D eigenvalue weighted by Crippen LogP contribution is -2.12. The van der Waals surface area contributed by atoms with E-state index in [0.29, 0.717) is 17.0 Å². The van der Waals surface area contributed by atoms with Crippen LogP contribution in [0.3, 0.4) is 0 Å². The van der Waals surface area contributed by atoms with E-state index in [0.717, 1.165) is 11.1 Å². The van der Waals surface area contributed by atoms with Crippen molar-refractivity contribution in [2.45, 2.75) is 6.61 Å². The molecule has 0 bridgehead atoms. The molecule has 0 aliphatic rings. The highest BCUT2D eigenvalue weighted by molar-refractivity contribution is 6.04. The van der Waals surface area contributed by atoms with Gasteiger partial charge >= 0.3 is 0 Å². The van der Waals surface area contributed by atoms with Crippen LogP contribution in [0.4, 0.5) is 10.1 Å². The van der Waals surface area contributed by atoms with Gasteiger partial charge in [-0.2, -0.15) is 0 Å². The van der Waals surface area contributed by atoms with Crippen LogP contribution >= 0.6 is 0 Å². The van der Waals surface area contributed by atoms with E-state index in [1.165, 1.54) is 24.5 Å². The maximum atomic E-state index is 14.6. The van der Waals surface area contributed by atoms with Crippen LogP contribution in [0.25, 0.3) is 11.1 Å². The molecule has 0 unspecified atom stereocenters. The Morgan fingerprint density at radius 3 is 2.48 bits per heavy atom. The average molecular weight is 441 g/mol. The zero-order valence-electron chi connectivity index (χ0n) is 17.5. The minimum atomic E-state index is -0.592. The lowest BCUT2D eigenvalue weighted by atomic mass is 10.0. The van der Waals surface area contributed by atoms with Crippen LogP contribution in [-0.4, -0.2) is 16.8 Å². The van der Waals surface area contributed by atoms with Gasteiger partial charge in [0.15, 0.2) is 0 Å². The molecular formula is C26H20FN3O3. The molecule has 0 saturated heterocycles. The third-order valence-electron chi connectivity index (χ3n) is 4.90. The highest BCUT2D eigenvalue weighted by Gasteiger charge is 2.12. The number of nitrogens with one attached hydrogen (secondary N) is 1. The zero-order valence-corrected chi connectivity index (χ0v) is 17.5. The fourth-order valence-electron chi connectivity index (χ4n) is 3.25. The number of primary amides is 1. The van der Waals surface area contributed by atoms with E-state index in [1.807, 2.05) is 36.4 Å². The molecule has 6 nitrogen and oxygen atoms in total. The number of rotatable bonds is 7. The number of aromatic nitrogens is 1. The van der Waals surface area contributed by atoms with Crippen LogP contribution < -0.4 is 15.8 Å². The Labute approximate surface area is 189 Å². The SMILES string of the molecule is NC(=O)c1cncc(OCc2cccc(NC(=O)c3ccc(-c4ccccc4)c(F)c3)c2)c1. The number of amides is 2. The van der Waals surface area contributed by atoms with Crippen molar-refractivity contribution < 1.29 is 18.7 Å². The van der Waals surface area contributed by atoms with E-state index in [2.05, 4.69) is 10.3 Å². The van der Waals surface area contributed by atoms with Crippen molar-refractivity contribution in [2.24, 2.45) is 5.73 Å². The number of anilines is 1. The Balaban J connectivity index is 1.43. The third-order valence-corrected chi connectivity index (χ3v) is 4.90. The second kappa shape index (κ2) is 9.74. The van der Waals surface area contributed by atoms with E-state index < -0.39 is 17.6 Å². The van der Waals surface area contributed by atoms with Gasteiger partial charge in [-0.15, -0.1) is 0 Å². The predicted molar refractivity (Wildman–Crippen MR) is 123 cm³/mol. The smallest absolute Gasteiger partial charge is 0.255 e. The molecule has 0 aliphatic carbocycles. The molecule has 33 heavy (non-hydrogen) atoms. The summed E-state index contributed by atoms with van der Waals surface area (Å²) < 4.78 is 20.3. The van der Waals surface area contributed by atoms with Gasteiger partial charge in [-0.05, 0) is 41.5 Å². The lowest BCUT2D eigenvalue weighted by Gasteiger charge is -2.10. The quantitative estimate of drug-likeness (QED) is 0.430. The summed E-state index contributed by atoms with van der Waals surface area (Å²) >= 11 is 0. The third kappa shape index (κ3) is 5.40. The summed E-state index contributed by atoms with van der Waals surface area (Å²) in [6.45, 7) is 0.188. The first-order chi connectivity index (χ1) is 16.0. The van der Waals surface area contributed by atoms with Crippen LogP contribution in [0.15, 0.2) is 91.3 Å². The van der Waals surface area contributed by atoms with Gasteiger partial charge in [0, 0.05) is 23.0 Å². The molecule has 0 saturated carbocycles. The minimum Gasteiger partial charge on any atom is -0.487 e. The average Bonchev–Trinajstić information content (AvgIpc) is 2.83. The maximum absolute atomic E-state index is 14.6. The second-order valence-corrected chi connectivity index (χ2v) is 7.28. The lowest BCUT2D eigenvalue weighted by molar-refractivity contribution is 0.0997. The summed E-state index contributed by atoms with van der Waals surface area (Å²) in [5.41, 5.74) is 8.21. The molecule has 0 aliphatic heterocycles. The van der Waals surface area contributed by atoms with Gasteiger partial charge in [-0.25, -0.2) is 4.39 Å². The number of carbonyl (C=O) groups is 2. The Morgan fingerprint density at radius 2 is 1.73 bits per heavy atom. The number of nitrogens with two attached hydrogens (primary N) is 1. The standard InChI is InChI=1S/C26H20FN3O3/c27-24-13-19(9-10-23(24)18-6-2-1-3-7-18)26(32)30-21-8-4-5-17(11-21)16-33-22-12-20(25(28)31)14-29-15-22/h1-15H,16H2,(H2,28,31)(H,30,32). The van der Waals surface area contributed by atoms with Crippen molar-refractivity contribution in [1.29, 1.82) is 0 Å². The first-order valence-electron chi connectivity index (χ1n) is 10.1. The van der Waals surface area contributed by atoms with Gasteiger partial charge < -0.3 is 15.8 Å². The number of benzene rings is 3. The Kier molecular flexibility index (Phi) is 6.40. The molecular weight excluding hydrogens is 421 g/mol. The molecule has 1 heterocycles. The van der Waals surface area contributed by atoms with E-state index in [4.69, 9.17) is 10.5 Å². The Morgan fingerprint density at radius 1 is 0.909 bits per heavy atom. The molecule has 0 radical (unpaired) electrons. The predicted octanol–water partition coefficient (Wildman–Crippen LogP) is 4.82. The van der Waals surface area contributed by atoms with Gasteiger partial charge in [0.25, 0.3) is 5.91 Å². The molecule has 2 amide bonds. The van der Waals surface area contributed by atoms with E-state index in [1.54, 1.807) is 30.3 Å². The number of hydrogen-bond donors (Lipinski definition) is 2. The maximum Gasteiger partial charge on any atom is 0.255 e. The van der Waals surface area contributed by atoms with Crippen LogP contribution in [0.2, 0.25) is 0 Å². The van der Waals surface area contributed by atoms with Crippen molar-refractivity contribution in [2.75, 3.05) is 5.32 Å². The molecule has 3 N–H and O–H groups in total. The van der Waals surface area contributed by atoms with Gasteiger partial charge in [-0.1, -0.05) is 48.5 Å². The number of nitrogens with zero attached hydrogens (tertiary/aromatic N) is 1.